The number of aromatic nitrogens is 1. The molecule has 0 saturated carbocycles. The summed E-state index contributed by atoms with van der Waals surface area (Å²) in [5.74, 6) is -1.54. The lowest BCUT2D eigenvalue weighted by atomic mass is 9.99. The summed E-state index contributed by atoms with van der Waals surface area (Å²) in [7, 11) is 0. The van der Waals surface area contributed by atoms with Gasteiger partial charge in [-0.25, -0.2) is 4.98 Å². The third-order valence-electron chi connectivity index (χ3n) is 4.38. The molecule has 2 aromatic carbocycles. The van der Waals surface area contributed by atoms with Gasteiger partial charge in [0.05, 0.1) is 18.5 Å². The van der Waals surface area contributed by atoms with E-state index in [0.717, 1.165) is 11.1 Å². The smallest absolute Gasteiger partial charge is 0.306 e. The van der Waals surface area contributed by atoms with Gasteiger partial charge in [0.25, 0.3) is 0 Å². The Morgan fingerprint density at radius 2 is 1.97 bits per heavy atom. The molecule has 0 saturated heterocycles. The highest BCUT2D eigenvalue weighted by atomic mass is 35.5. The molecule has 0 atom stereocenters. The number of hydrogen-bond donors (Lipinski definition) is 1. The SMILES string of the molecule is CCOC(=O)CCC(=O)c1nc2cc(-c3ccccc3Cl)ccc2c(C#N)c1O. The second-order valence-corrected chi connectivity index (χ2v) is 6.64. The van der Waals surface area contributed by atoms with Crippen molar-refractivity contribution < 1.29 is 19.4 Å². The van der Waals surface area contributed by atoms with Crippen molar-refractivity contribution in [3.05, 3.63) is 58.7 Å². The molecule has 6 nitrogen and oxygen atoms in total. The van der Waals surface area contributed by atoms with Crippen LogP contribution in [0.1, 0.15) is 35.8 Å². The molecular formula is C22H17ClN2O4. The number of aromatic hydroxyl groups is 1. The summed E-state index contributed by atoms with van der Waals surface area (Å²) in [6.45, 7) is 1.89. The highest BCUT2D eigenvalue weighted by Crippen LogP contribution is 2.34. The third kappa shape index (κ3) is 4.20. The van der Waals surface area contributed by atoms with Crippen molar-refractivity contribution >= 4 is 34.3 Å². The molecule has 0 aliphatic rings. The van der Waals surface area contributed by atoms with Gasteiger partial charge in [-0.05, 0) is 24.6 Å². The topological polar surface area (TPSA) is 100 Å². The zero-order chi connectivity index (χ0) is 21.0. The first kappa shape index (κ1) is 20.3. The van der Waals surface area contributed by atoms with Crippen LogP contribution in [0.25, 0.3) is 22.0 Å². The molecule has 0 aliphatic heterocycles. The van der Waals surface area contributed by atoms with Gasteiger partial charge in [0.1, 0.15) is 17.3 Å². The highest BCUT2D eigenvalue weighted by Gasteiger charge is 2.21. The maximum Gasteiger partial charge on any atom is 0.306 e. The van der Waals surface area contributed by atoms with Gasteiger partial charge in [0.2, 0.25) is 0 Å². The number of benzene rings is 2. The molecular weight excluding hydrogens is 392 g/mol. The summed E-state index contributed by atoms with van der Waals surface area (Å²) in [6, 6.07) is 14.3. The average Bonchev–Trinajstić information content (AvgIpc) is 2.72. The van der Waals surface area contributed by atoms with Gasteiger partial charge in [0.15, 0.2) is 11.5 Å². The molecule has 0 bridgehead atoms. The van der Waals surface area contributed by atoms with Gasteiger partial charge >= 0.3 is 5.97 Å². The van der Waals surface area contributed by atoms with Gasteiger partial charge in [-0.1, -0.05) is 41.9 Å². The number of nitriles is 1. The van der Waals surface area contributed by atoms with Crippen molar-refractivity contribution in [3.63, 3.8) is 0 Å². The Balaban J connectivity index is 2.06. The van der Waals surface area contributed by atoms with Crippen molar-refractivity contribution in [2.45, 2.75) is 19.8 Å². The predicted octanol–water partition coefficient (Wildman–Crippen LogP) is 4.66. The van der Waals surface area contributed by atoms with Crippen molar-refractivity contribution in [3.8, 4) is 22.9 Å². The van der Waals surface area contributed by atoms with Crippen LogP contribution in [0.2, 0.25) is 5.02 Å². The predicted molar refractivity (Wildman–Crippen MR) is 109 cm³/mol. The lowest BCUT2D eigenvalue weighted by molar-refractivity contribution is -0.143. The van der Waals surface area contributed by atoms with Crippen LogP contribution in [0.4, 0.5) is 0 Å². The van der Waals surface area contributed by atoms with E-state index in [0.29, 0.717) is 15.9 Å². The minimum Gasteiger partial charge on any atom is -0.504 e. The van der Waals surface area contributed by atoms with Gasteiger partial charge in [0, 0.05) is 22.4 Å². The van der Waals surface area contributed by atoms with Crippen LogP contribution in [0, 0.1) is 11.3 Å². The van der Waals surface area contributed by atoms with Crippen LogP contribution >= 0.6 is 11.6 Å². The Bertz CT molecular complexity index is 1150. The van der Waals surface area contributed by atoms with E-state index in [1.165, 1.54) is 0 Å². The van der Waals surface area contributed by atoms with Gasteiger partial charge < -0.3 is 9.84 Å². The summed E-state index contributed by atoms with van der Waals surface area (Å²) in [6.07, 6.45) is -0.312. The standard InChI is InChI=1S/C22H17ClN2O4/c1-2-29-20(27)10-9-19(26)21-22(28)16(12-24)15-8-7-13(11-18(15)25-21)14-5-3-4-6-17(14)23/h3-8,11,28H,2,9-10H2,1H3. The number of esters is 1. The van der Waals surface area contributed by atoms with Crippen LogP contribution in [0.15, 0.2) is 42.5 Å². The molecule has 29 heavy (non-hydrogen) atoms. The Morgan fingerprint density at radius 3 is 2.66 bits per heavy atom. The van der Waals surface area contributed by atoms with E-state index in [1.54, 1.807) is 31.2 Å². The first-order valence-corrected chi connectivity index (χ1v) is 9.34. The van der Waals surface area contributed by atoms with Crippen LogP contribution in [0.5, 0.6) is 5.75 Å². The minimum absolute atomic E-state index is 0.0415. The second-order valence-electron chi connectivity index (χ2n) is 6.24. The molecule has 0 radical (unpaired) electrons. The fourth-order valence-corrected chi connectivity index (χ4v) is 3.24. The Labute approximate surface area is 172 Å². The number of ether oxygens (including phenoxy) is 1. The lowest BCUT2D eigenvalue weighted by Gasteiger charge is -2.10. The molecule has 0 amide bonds. The first-order valence-electron chi connectivity index (χ1n) is 8.96. The van der Waals surface area contributed by atoms with Crippen molar-refractivity contribution in [2.24, 2.45) is 0 Å². The number of carbonyl (C=O) groups is 2. The first-order chi connectivity index (χ1) is 14.0. The number of hydrogen-bond acceptors (Lipinski definition) is 6. The number of pyridine rings is 1. The highest BCUT2D eigenvalue weighted by molar-refractivity contribution is 6.33. The number of carbonyl (C=O) groups excluding carboxylic acids is 2. The average molecular weight is 409 g/mol. The summed E-state index contributed by atoms with van der Waals surface area (Å²) in [5.41, 5.74) is 1.63. The normalized spacial score (nSPS) is 10.5. The van der Waals surface area contributed by atoms with E-state index in [2.05, 4.69) is 4.98 Å². The molecule has 0 fully saturated rings. The van der Waals surface area contributed by atoms with Crippen molar-refractivity contribution in [1.82, 2.24) is 4.98 Å². The quantitative estimate of drug-likeness (QED) is 0.470. The summed E-state index contributed by atoms with van der Waals surface area (Å²) < 4.78 is 4.81. The Hall–Kier alpha value is -3.43. The van der Waals surface area contributed by atoms with E-state index in [9.17, 15) is 20.0 Å². The lowest BCUT2D eigenvalue weighted by Crippen LogP contribution is -2.10. The summed E-state index contributed by atoms with van der Waals surface area (Å²) >= 11 is 6.26. The maximum atomic E-state index is 12.5. The van der Waals surface area contributed by atoms with Crippen molar-refractivity contribution in [2.75, 3.05) is 6.61 Å². The third-order valence-corrected chi connectivity index (χ3v) is 4.71. The molecule has 1 heterocycles. The van der Waals surface area contributed by atoms with E-state index >= 15 is 0 Å². The molecule has 146 valence electrons. The van der Waals surface area contributed by atoms with Crippen LogP contribution in [0.3, 0.4) is 0 Å². The Morgan fingerprint density at radius 1 is 1.21 bits per heavy atom. The van der Waals surface area contributed by atoms with E-state index in [1.807, 2.05) is 24.3 Å². The number of fused-ring (bicyclic) bond motifs is 1. The van der Waals surface area contributed by atoms with Gasteiger partial charge in [-0.3, -0.25) is 9.59 Å². The second kappa shape index (κ2) is 8.72. The largest absolute Gasteiger partial charge is 0.504 e. The molecule has 0 spiro atoms. The zero-order valence-corrected chi connectivity index (χ0v) is 16.4. The van der Waals surface area contributed by atoms with Crippen LogP contribution in [-0.2, 0) is 9.53 Å². The van der Waals surface area contributed by atoms with Crippen LogP contribution in [-0.4, -0.2) is 28.4 Å². The van der Waals surface area contributed by atoms with E-state index in [4.69, 9.17) is 16.3 Å². The number of rotatable bonds is 6. The fourth-order valence-electron chi connectivity index (χ4n) is 2.99. The fraction of sp³-hybridized carbons (Fsp3) is 0.182. The van der Waals surface area contributed by atoms with Crippen LogP contribution < -0.4 is 0 Å². The molecule has 1 N–H and O–H groups in total. The van der Waals surface area contributed by atoms with E-state index < -0.39 is 17.5 Å². The summed E-state index contributed by atoms with van der Waals surface area (Å²) in [4.78, 5) is 28.3. The number of ketones is 1. The number of halogens is 1. The van der Waals surface area contributed by atoms with Gasteiger partial charge in [-0.15, -0.1) is 0 Å². The van der Waals surface area contributed by atoms with Crippen molar-refractivity contribution in [1.29, 1.82) is 5.26 Å². The monoisotopic (exact) mass is 408 g/mol. The molecule has 3 rings (SSSR count). The number of Topliss-reactive ketones (excluding diaryl/α,β-unsaturated/α-hetero) is 1. The number of nitrogens with zero attached hydrogens (tertiary/aromatic N) is 2. The van der Waals surface area contributed by atoms with E-state index in [-0.39, 0.29) is 30.7 Å². The summed E-state index contributed by atoms with van der Waals surface area (Å²) in [5, 5.41) is 20.9. The zero-order valence-electron chi connectivity index (χ0n) is 15.6. The minimum atomic E-state index is -0.544. The Kier molecular flexibility index (Phi) is 6.10. The van der Waals surface area contributed by atoms with Gasteiger partial charge in [-0.2, -0.15) is 5.26 Å². The maximum absolute atomic E-state index is 12.5. The molecule has 1 aromatic heterocycles. The molecule has 0 unspecified atom stereocenters. The molecule has 0 aliphatic carbocycles. The molecule has 7 heteroatoms. The molecule has 3 aromatic rings.